The lowest BCUT2D eigenvalue weighted by molar-refractivity contribution is 0.160. The molecule has 1 saturated carbocycles. The molecule has 1 aliphatic rings. The van der Waals surface area contributed by atoms with Gasteiger partial charge in [-0.25, -0.2) is 0 Å². The molecule has 2 nitrogen and oxygen atoms in total. The van der Waals surface area contributed by atoms with Crippen LogP contribution in [-0.4, -0.2) is 10.5 Å². The van der Waals surface area contributed by atoms with Crippen LogP contribution in [0.4, 0.5) is 0 Å². The summed E-state index contributed by atoms with van der Waals surface area (Å²) in [7, 11) is 0. The van der Waals surface area contributed by atoms with Crippen molar-refractivity contribution in [2.24, 2.45) is 0 Å². The molecule has 0 spiro atoms. The fraction of sp³-hybridized carbons (Fsp3) is 0.643. The van der Waals surface area contributed by atoms with Gasteiger partial charge in [-0.3, -0.25) is 4.98 Å². The minimum absolute atomic E-state index is 0.404. The van der Waals surface area contributed by atoms with E-state index in [1.54, 1.807) is 0 Å². The molecule has 0 aromatic carbocycles. The van der Waals surface area contributed by atoms with Crippen molar-refractivity contribution in [3.63, 3.8) is 0 Å². The van der Waals surface area contributed by atoms with Crippen molar-refractivity contribution in [1.82, 2.24) is 10.3 Å². The van der Waals surface area contributed by atoms with Gasteiger partial charge in [-0.05, 0) is 56.7 Å². The molecule has 1 aromatic heterocycles. The van der Waals surface area contributed by atoms with Gasteiger partial charge in [-0.15, -0.1) is 0 Å². The highest BCUT2D eigenvalue weighted by molar-refractivity contribution is 5.25. The molecule has 2 heteroatoms. The van der Waals surface area contributed by atoms with Gasteiger partial charge >= 0.3 is 0 Å². The van der Waals surface area contributed by atoms with Crippen LogP contribution in [0.5, 0.6) is 0 Å². The van der Waals surface area contributed by atoms with E-state index in [4.69, 9.17) is 0 Å². The lowest BCUT2D eigenvalue weighted by Gasteiger charge is -2.44. The topological polar surface area (TPSA) is 24.9 Å². The molecule has 2 rings (SSSR count). The van der Waals surface area contributed by atoms with Crippen LogP contribution in [0.15, 0.2) is 18.5 Å². The summed E-state index contributed by atoms with van der Waals surface area (Å²) in [4.78, 5) is 4.23. The van der Waals surface area contributed by atoms with E-state index < -0.39 is 0 Å². The number of aryl methyl sites for hydroxylation is 1. The Morgan fingerprint density at radius 3 is 2.75 bits per heavy atom. The van der Waals surface area contributed by atoms with E-state index in [0.717, 1.165) is 0 Å². The maximum absolute atomic E-state index is 4.23. The second kappa shape index (κ2) is 4.54. The van der Waals surface area contributed by atoms with Crippen LogP contribution in [0.25, 0.3) is 0 Å². The molecule has 0 amide bonds. The fourth-order valence-electron chi connectivity index (χ4n) is 2.67. The molecule has 1 N–H and O–H groups in total. The minimum Gasteiger partial charge on any atom is -0.305 e. The standard InChI is InChI=1S/C14H22N2/c1-4-14(7-5-8-14)16-12(3)13-10-15-9-6-11(13)2/h6,9-10,12,16H,4-5,7-8H2,1-3H3. The van der Waals surface area contributed by atoms with Crippen LogP contribution >= 0.6 is 0 Å². The first-order valence-electron chi connectivity index (χ1n) is 6.35. The van der Waals surface area contributed by atoms with Gasteiger partial charge in [0.2, 0.25) is 0 Å². The van der Waals surface area contributed by atoms with Crippen molar-refractivity contribution < 1.29 is 0 Å². The molecule has 1 unspecified atom stereocenters. The molecule has 0 bridgehead atoms. The van der Waals surface area contributed by atoms with Crippen molar-refractivity contribution in [3.8, 4) is 0 Å². The molecule has 1 fully saturated rings. The molecule has 88 valence electrons. The zero-order chi connectivity index (χ0) is 11.6. The average molecular weight is 218 g/mol. The third-order valence-corrected chi connectivity index (χ3v) is 4.06. The fourth-order valence-corrected chi connectivity index (χ4v) is 2.67. The van der Waals surface area contributed by atoms with Gasteiger partial charge in [-0.2, -0.15) is 0 Å². The van der Waals surface area contributed by atoms with E-state index in [1.807, 2.05) is 12.4 Å². The lowest BCUT2D eigenvalue weighted by Crippen LogP contribution is -2.51. The normalized spacial score (nSPS) is 20.2. The monoisotopic (exact) mass is 218 g/mol. The molecule has 1 aliphatic carbocycles. The first kappa shape index (κ1) is 11.6. The third kappa shape index (κ3) is 2.12. The van der Waals surface area contributed by atoms with E-state index in [0.29, 0.717) is 11.6 Å². The number of pyridine rings is 1. The number of rotatable bonds is 4. The Morgan fingerprint density at radius 1 is 1.50 bits per heavy atom. The smallest absolute Gasteiger partial charge is 0.0318 e. The van der Waals surface area contributed by atoms with Crippen molar-refractivity contribution in [2.45, 2.75) is 58.0 Å². The molecule has 1 heterocycles. The van der Waals surface area contributed by atoms with Crippen LogP contribution < -0.4 is 5.32 Å². The van der Waals surface area contributed by atoms with Crippen LogP contribution in [0.3, 0.4) is 0 Å². The first-order chi connectivity index (χ1) is 7.67. The SMILES string of the molecule is CCC1(NC(C)c2cnccc2C)CCC1. The largest absolute Gasteiger partial charge is 0.305 e. The Hall–Kier alpha value is -0.890. The summed E-state index contributed by atoms with van der Waals surface area (Å²) < 4.78 is 0. The highest BCUT2D eigenvalue weighted by atomic mass is 15.0. The number of nitrogens with one attached hydrogen (secondary N) is 1. The predicted octanol–water partition coefficient (Wildman–Crippen LogP) is 3.37. The zero-order valence-corrected chi connectivity index (χ0v) is 10.6. The highest BCUT2D eigenvalue weighted by Gasteiger charge is 2.36. The van der Waals surface area contributed by atoms with Crippen LogP contribution in [0.1, 0.15) is 56.7 Å². The van der Waals surface area contributed by atoms with Gasteiger partial charge in [0.05, 0.1) is 0 Å². The van der Waals surface area contributed by atoms with E-state index in [9.17, 15) is 0 Å². The van der Waals surface area contributed by atoms with Gasteiger partial charge < -0.3 is 5.32 Å². The highest BCUT2D eigenvalue weighted by Crippen LogP contribution is 2.37. The summed E-state index contributed by atoms with van der Waals surface area (Å²) in [6.07, 6.45) is 9.12. The molecular weight excluding hydrogens is 196 g/mol. The molecule has 1 aromatic rings. The summed E-state index contributed by atoms with van der Waals surface area (Å²) >= 11 is 0. The lowest BCUT2D eigenvalue weighted by atomic mass is 9.74. The van der Waals surface area contributed by atoms with Crippen LogP contribution in [0, 0.1) is 6.92 Å². The Balaban J connectivity index is 2.08. The number of hydrogen-bond acceptors (Lipinski definition) is 2. The van der Waals surface area contributed by atoms with Crippen molar-refractivity contribution in [3.05, 3.63) is 29.6 Å². The number of aromatic nitrogens is 1. The van der Waals surface area contributed by atoms with Crippen LogP contribution in [-0.2, 0) is 0 Å². The predicted molar refractivity (Wildman–Crippen MR) is 67.4 cm³/mol. The van der Waals surface area contributed by atoms with Crippen molar-refractivity contribution in [1.29, 1.82) is 0 Å². The summed E-state index contributed by atoms with van der Waals surface area (Å²) in [6.45, 7) is 6.70. The number of nitrogens with zero attached hydrogens (tertiary/aromatic N) is 1. The van der Waals surface area contributed by atoms with E-state index >= 15 is 0 Å². The first-order valence-corrected chi connectivity index (χ1v) is 6.35. The summed E-state index contributed by atoms with van der Waals surface area (Å²) in [6, 6.07) is 2.50. The Bertz CT molecular complexity index is 350. The molecule has 0 aliphatic heterocycles. The maximum atomic E-state index is 4.23. The summed E-state index contributed by atoms with van der Waals surface area (Å²) in [5.41, 5.74) is 3.07. The van der Waals surface area contributed by atoms with Gasteiger partial charge in [0.25, 0.3) is 0 Å². The number of hydrogen-bond donors (Lipinski definition) is 1. The second-order valence-electron chi connectivity index (χ2n) is 5.09. The summed E-state index contributed by atoms with van der Waals surface area (Å²) in [5.74, 6) is 0. The van der Waals surface area contributed by atoms with Crippen molar-refractivity contribution in [2.75, 3.05) is 0 Å². The van der Waals surface area contributed by atoms with E-state index in [-0.39, 0.29) is 0 Å². The molecule has 1 atom stereocenters. The van der Waals surface area contributed by atoms with Gasteiger partial charge in [0.1, 0.15) is 0 Å². The van der Waals surface area contributed by atoms with Crippen molar-refractivity contribution >= 4 is 0 Å². The van der Waals surface area contributed by atoms with E-state index in [1.165, 1.54) is 36.8 Å². The maximum Gasteiger partial charge on any atom is 0.0318 e. The van der Waals surface area contributed by atoms with Gasteiger partial charge in [0, 0.05) is 24.0 Å². The summed E-state index contributed by atoms with van der Waals surface area (Å²) in [5, 5.41) is 3.80. The molecule has 0 radical (unpaired) electrons. The Kier molecular flexibility index (Phi) is 3.29. The van der Waals surface area contributed by atoms with Crippen LogP contribution in [0.2, 0.25) is 0 Å². The third-order valence-electron chi connectivity index (χ3n) is 4.06. The Morgan fingerprint density at radius 2 is 2.25 bits per heavy atom. The molecular formula is C14H22N2. The molecule has 0 saturated heterocycles. The van der Waals surface area contributed by atoms with Gasteiger partial charge in [0.15, 0.2) is 0 Å². The quantitative estimate of drug-likeness (QED) is 0.838. The average Bonchev–Trinajstić information content (AvgIpc) is 2.24. The second-order valence-corrected chi connectivity index (χ2v) is 5.09. The Labute approximate surface area is 98.5 Å². The van der Waals surface area contributed by atoms with Gasteiger partial charge in [-0.1, -0.05) is 6.92 Å². The molecule has 16 heavy (non-hydrogen) atoms. The van der Waals surface area contributed by atoms with E-state index in [2.05, 4.69) is 37.1 Å². The zero-order valence-electron chi connectivity index (χ0n) is 10.6. The minimum atomic E-state index is 0.404.